The number of piperidine rings is 1. The zero-order valence-electron chi connectivity index (χ0n) is 15.6. The number of carbonyl (C=O) groups excluding carboxylic acids is 2. The van der Waals surface area contributed by atoms with Gasteiger partial charge in [-0.05, 0) is 37.3 Å². The van der Waals surface area contributed by atoms with Gasteiger partial charge in [0.15, 0.2) is 0 Å². The lowest BCUT2D eigenvalue weighted by molar-refractivity contribution is -0.132. The summed E-state index contributed by atoms with van der Waals surface area (Å²) >= 11 is 0. The Balaban J connectivity index is 1.39. The Morgan fingerprint density at radius 1 is 1.15 bits per heavy atom. The third kappa shape index (κ3) is 5.29. The summed E-state index contributed by atoms with van der Waals surface area (Å²) in [4.78, 5) is 26.0. The molecule has 2 atom stereocenters. The van der Waals surface area contributed by atoms with Crippen LogP contribution in [0.1, 0.15) is 32.6 Å². The van der Waals surface area contributed by atoms with Crippen LogP contribution in [0.4, 0.5) is 0 Å². The first-order valence-electron chi connectivity index (χ1n) is 9.49. The summed E-state index contributed by atoms with van der Waals surface area (Å²) in [5.41, 5.74) is 0. The molecule has 8 heteroatoms. The van der Waals surface area contributed by atoms with E-state index >= 15 is 0 Å². The molecule has 1 aliphatic carbocycles. The number of rotatable bonds is 7. The summed E-state index contributed by atoms with van der Waals surface area (Å²) in [6, 6.07) is 8.12. The largest absolute Gasteiger partial charge is 0.355 e. The molecule has 27 heavy (non-hydrogen) atoms. The first-order valence-corrected chi connectivity index (χ1v) is 11.0. The van der Waals surface area contributed by atoms with Crippen molar-refractivity contribution in [2.45, 2.75) is 43.5 Å². The number of nitrogens with one attached hydrogen (secondary N) is 2. The molecule has 0 bridgehead atoms. The Morgan fingerprint density at radius 2 is 1.78 bits per heavy atom. The topological polar surface area (TPSA) is 95.6 Å². The van der Waals surface area contributed by atoms with Gasteiger partial charge in [0.25, 0.3) is 0 Å². The number of carbonyl (C=O) groups is 2. The highest BCUT2D eigenvalue weighted by Gasteiger charge is 2.38. The zero-order valence-corrected chi connectivity index (χ0v) is 16.4. The second-order valence-electron chi connectivity index (χ2n) is 7.45. The summed E-state index contributed by atoms with van der Waals surface area (Å²) in [6.07, 6.45) is 2.40. The second-order valence-corrected chi connectivity index (χ2v) is 9.16. The van der Waals surface area contributed by atoms with Gasteiger partial charge in [-0.1, -0.05) is 25.1 Å². The van der Waals surface area contributed by atoms with Crippen molar-refractivity contribution in [2.24, 2.45) is 11.8 Å². The van der Waals surface area contributed by atoms with Crippen molar-refractivity contribution in [3.63, 3.8) is 0 Å². The molecule has 2 N–H and O–H groups in total. The molecule has 148 valence electrons. The zero-order chi connectivity index (χ0) is 19.4. The highest BCUT2D eigenvalue weighted by atomic mass is 32.2. The highest BCUT2D eigenvalue weighted by Crippen LogP contribution is 2.37. The predicted octanol–water partition coefficient (Wildman–Crippen LogP) is 1.12. The molecule has 2 unspecified atom stereocenters. The van der Waals surface area contributed by atoms with Crippen LogP contribution in [-0.2, 0) is 19.6 Å². The molecule has 2 amide bonds. The van der Waals surface area contributed by atoms with Crippen LogP contribution < -0.4 is 10.0 Å². The summed E-state index contributed by atoms with van der Waals surface area (Å²) < 4.78 is 27.5. The van der Waals surface area contributed by atoms with Crippen molar-refractivity contribution >= 4 is 21.8 Å². The van der Waals surface area contributed by atoms with Crippen LogP contribution >= 0.6 is 0 Å². The van der Waals surface area contributed by atoms with Crippen molar-refractivity contribution in [3.05, 3.63) is 30.3 Å². The maximum Gasteiger partial charge on any atom is 0.240 e. The van der Waals surface area contributed by atoms with Crippen molar-refractivity contribution in [1.82, 2.24) is 14.9 Å². The number of hydrogen-bond acceptors (Lipinski definition) is 4. The van der Waals surface area contributed by atoms with Crippen LogP contribution in [-0.4, -0.2) is 50.8 Å². The Hall–Kier alpha value is -1.93. The minimum atomic E-state index is -3.53. The molecule has 1 aromatic carbocycles. The monoisotopic (exact) mass is 393 g/mol. The van der Waals surface area contributed by atoms with Crippen LogP contribution in [0.5, 0.6) is 0 Å². The molecule has 1 saturated heterocycles. The Labute approximate surface area is 160 Å². The Kier molecular flexibility index (Phi) is 6.16. The van der Waals surface area contributed by atoms with E-state index in [1.54, 1.807) is 35.2 Å². The first kappa shape index (κ1) is 19.8. The summed E-state index contributed by atoms with van der Waals surface area (Å²) in [5, 5.41) is 2.82. The maximum atomic E-state index is 12.4. The van der Waals surface area contributed by atoms with Gasteiger partial charge >= 0.3 is 0 Å². The SMILES string of the molecule is CC1CC1C(=O)NCCC(=O)N1CCC(NS(=O)(=O)c2ccccc2)CC1. The van der Waals surface area contributed by atoms with E-state index in [1.165, 1.54) is 0 Å². The molecular formula is C19H27N3O4S. The van der Waals surface area contributed by atoms with E-state index in [1.807, 2.05) is 6.92 Å². The second kappa shape index (κ2) is 8.39. The van der Waals surface area contributed by atoms with Crippen LogP contribution in [0.25, 0.3) is 0 Å². The van der Waals surface area contributed by atoms with Gasteiger partial charge in [-0.15, -0.1) is 0 Å². The van der Waals surface area contributed by atoms with Crippen LogP contribution in [0.15, 0.2) is 35.2 Å². The average Bonchev–Trinajstić information content (AvgIpc) is 3.39. The summed E-state index contributed by atoms with van der Waals surface area (Å²) in [7, 11) is -3.53. The minimum absolute atomic E-state index is 0.00325. The number of hydrogen-bond donors (Lipinski definition) is 2. The smallest absolute Gasteiger partial charge is 0.240 e. The van der Waals surface area contributed by atoms with Crippen molar-refractivity contribution < 1.29 is 18.0 Å². The van der Waals surface area contributed by atoms with Gasteiger partial charge < -0.3 is 10.2 Å². The van der Waals surface area contributed by atoms with Crippen molar-refractivity contribution in [1.29, 1.82) is 0 Å². The Bertz CT molecular complexity index is 773. The maximum absolute atomic E-state index is 12.4. The fourth-order valence-corrected chi connectivity index (χ4v) is 4.73. The van der Waals surface area contributed by atoms with Crippen molar-refractivity contribution in [3.8, 4) is 0 Å². The molecule has 0 aromatic heterocycles. The minimum Gasteiger partial charge on any atom is -0.355 e. The van der Waals surface area contributed by atoms with Gasteiger partial charge in [0.1, 0.15) is 0 Å². The molecule has 3 rings (SSSR count). The van der Waals surface area contributed by atoms with E-state index in [-0.39, 0.29) is 35.1 Å². The van der Waals surface area contributed by atoms with E-state index in [2.05, 4.69) is 10.0 Å². The third-order valence-electron chi connectivity index (χ3n) is 5.31. The van der Waals surface area contributed by atoms with Crippen molar-refractivity contribution in [2.75, 3.05) is 19.6 Å². The standard InChI is InChI=1S/C19H27N3O4S/c1-14-13-17(14)19(24)20-10-7-18(23)22-11-8-15(9-12-22)21-27(25,26)16-5-3-2-4-6-16/h2-6,14-15,17,21H,7-13H2,1H3,(H,20,24). The van der Waals surface area contributed by atoms with Crippen LogP contribution in [0, 0.1) is 11.8 Å². The van der Waals surface area contributed by atoms with Crippen LogP contribution in [0.3, 0.4) is 0 Å². The molecule has 2 aliphatic rings. The van der Waals surface area contributed by atoms with E-state index in [4.69, 9.17) is 0 Å². The number of amides is 2. The average molecular weight is 394 g/mol. The lowest BCUT2D eigenvalue weighted by Crippen LogP contribution is -2.47. The Morgan fingerprint density at radius 3 is 2.37 bits per heavy atom. The van der Waals surface area contributed by atoms with E-state index < -0.39 is 10.0 Å². The number of likely N-dealkylation sites (tertiary alicyclic amines) is 1. The number of sulfonamides is 1. The summed E-state index contributed by atoms with van der Waals surface area (Å²) in [6.45, 7) is 3.45. The van der Waals surface area contributed by atoms with E-state index in [0.717, 1.165) is 6.42 Å². The molecule has 1 saturated carbocycles. The van der Waals surface area contributed by atoms with Gasteiger partial charge in [-0.2, -0.15) is 0 Å². The van der Waals surface area contributed by atoms with Gasteiger partial charge in [0, 0.05) is 38.0 Å². The molecule has 1 heterocycles. The molecule has 7 nitrogen and oxygen atoms in total. The molecular weight excluding hydrogens is 366 g/mol. The van der Waals surface area contributed by atoms with Gasteiger partial charge in [0.05, 0.1) is 4.90 Å². The lowest BCUT2D eigenvalue weighted by atomic mass is 10.1. The normalized spacial score (nSPS) is 23.1. The molecule has 2 fully saturated rings. The highest BCUT2D eigenvalue weighted by molar-refractivity contribution is 7.89. The molecule has 1 aromatic rings. The number of nitrogens with zero attached hydrogens (tertiary/aromatic N) is 1. The third-order valence-corrected chi connectivity index (χ3v) is 6.84. The van der Waals surface area contributed by atoms with Gasteiger partial charge in [-0.3, -0.25) is 9.59 Å². The molecule has 0 radical (unpaired) electrons. The van der Waals surface area contributed by atoms with Crippen LogP contribution in [0.2, 0.25) is 0 Å². The first-order chi connectivity index (χ1) is 12.9. The molecule has 0 spiro atoms. The summed E-state index contributed by atoms with van der Waals surface area (Å²) in [5.74, 6) is 0.626. The van der Waals surface area contributed by atoms with Gasteiger partial charge in [-0.25, -0.2) is 13.1 Å². The fourth-order valence-electron chi connectivity index (χ4n) is 3.40. The quantitative estimate of drug-likeness (QED) is 0.726. The predicted molar refractivity (Wildman–Crippen MR) is 101 cm³/mol. The molecule has 1 aliphatic heterocycles. The number of benzene rings is 1. The van der Waals surface area contributed by atoms with E-state index in [0.29, 0.717) is 38.4 Å². The van der Waals surface area contributed by atoms with Gasteiger partial charge in [0.2, 0.25) is 21.8 Å². The van der Waals surface area contributed by atoms with E-state index in [9.17, 15) is 18.0 Å². The lowest BCUT2D eigenvalue weighted by Gasteiger charge is -2.32. The fraction of sp³-hybridized carbons (Fsp3) is 0.579.